The zero-order chi connectivity index (χ0) is 30.7. The van der Waals surface area contributed by atoms with E-state index in [1.807, 2.05) is 50.2 Å². The average Bonchev–Trinajstić information content (AvgIpc) is 3.20. The highest BCUT2D eigenvalue weighted by Gasteiger charge is 2.33. The molecule has 3 rings (SSSR count). The van der Waals surface area contributed by atoms with Crippen LogP contribution in [0.15, 0.2) is 42.0 Å². The second kappa shape index (κ2) is 15.6. The van der Waals surface area contributed by atoms with Crippen LogP contribution in [-0.2, 0) is 25.3 Å². The van der Waals surface area contributed by atoms with Crippen molar-refractivity contribution in [2.24, 2.45) is 0 Å². The number of carbonyl (C=O) groups is 3. The van der Waals surface area contributed by atoms with Crippen molar-refractivity contribution in [1.29, 1.82) is 5.26 Å². The van der Waals surface area contributed by atoms with Crippen LogP contribution >= 0.6 is 0 Å². The zero-order valence-corrected chi connectivity index (χ0v) is 24.4. The minimum Gasteiger partial charge on any atom is -0.453 e. The maximum Gasteiger partial charge on any atom is 0.635 e. The fourth-order valence-electron chi connectivity index (χ4n) is 5.16. The van der Waals surface area contributed by atoms with Crippen molar-refractivity contribution in [1.82, 2.24) is 20.0 Å². The number of likely N-dealkylation sites (tertiary alicyclic amines) is 1. The number of nitrogens with one attached hydrogen (secondary N) is 1. The van der Waals surface area contributed by atoms with Crippen molar-refractivity contribution < 1.29 is 38.6 Å². The van der Waals surface area contributed by atoms with Crippen LogP contribution in [0.25, 0.3) is 0 Å². The summed E-state index contributed by atoms with van der Waals surface area (Å²) in [5, 5.41) is 31.0. The molecule has 228 valence electrons. The van der Waals surface area contributed by atoms with E-state index < -0.39 is 37.2 Å². The first-order chi connectivity index (χ1) is 20.0. The lowest BCUT2D eigenvalue weighted by Crippen LogP contribution is -2.55. The van der Waals surface area contributed by atoms with Gasteiger partial charge < -0.3 is 34.0 Å². The Morgan fingerprint density at radius 2 is 1.81 bits per heavy atom. The Balaban J connectivity index is 1.62. The third-order valence-corrected chi connectivity index (χ3v) is 7.39. The topological polar surface area (TPSA) is 165 Å². The van der Waals surface area contributed by atoms with Gasteiger partial charge in [-0.15, -0.1) is 0 Å². The van der Waals surface area contributed by atoms with Crippen molar-refractivity contribution in [3.8, 4) is 6.07 Å². The van der Waals surface area contributed by atoms with Crippen LogP contribution in [0.5, 0.6) is 0 Å². The molecule has 0 spiro atoms. The van der Waals surface area contributed by atoms with Gasteiger partial charge in [0.1, 0.15) is 24.0 Å². The van der Waals surface area contributed by atoms with E-state index in [1.54, 1.807) is 11.0 Å². The first kappa shape index (κ1) is 32.9. The first-order valence-electron chi connectivity index (χ1n) is 14.0. The van der Waals surface area contributed by atoms with E-state index >= 15 is 0 Å². The molecule has 2 heterocycles. The Bertz CT molecular complexity index is 1130. The van der Waals surface area contributed by atoms with Gasteiger partial charge in [0.15, 0.2) is 0 Å². The molecule has 0 saturated carbocycles. The molecule has 14 heteroatoms. The van der Waals surface area contributed by atoms with Gasteiger partial charge in [-0.2, -0.15) is 5.26 Å². The smallest absolute Gasteiger partial charge is 0.453 e. The van der Waals surface area contributed by atoms with Gasteiger partial charge in [0.25, 0.3) is 5.91 Å². The Labute approximate surface area is 246 Å². The monoisotopic (exact) mass is 585 g/mol. The Hall–Kier alpha value is -3.64. The molecule has 2 aliphatic rings. The van der Waals surface area contributed by atoms with E-state index in [0.29, 0.717) is 52.0 Å². The van der Waals surface area contributed by atoms with E-state index in [0.717, 1.165) is 5.56 Å². The summed E-state index contributed by atoms with van der Waals surface area (Å²) in [6, 6.07) is 11.1. The summed E-state index contributed by atoms with van der Waals surface area (Å²) in [5.74, 6) is -0.441. The highest BCUT2D eigenvalue weighted by atomic mass is 16.6. The van der Waals surface area contributed by atoms with Crippen LogP contribution in [0.2, 0.25) is 0 Å². The van der Waals surface area contributed by atoms with Crippen LogP contribution in [0.4, 0.5) is 9.59 Å². The lowest BCUT2D eigenvalue weighted by atomic mass is 9.97. The largest absolute Gasteiger partial charge is 0.635 e. The number of ether oxygens (including phenoxy) is 2. The Kier molecular flexibility index (Phi) is 12.2. The van der Waals surface area contributed by atoms with Crippen molar-refractivity contribution >= 4 is 25.4 Å². The highest BCUT2D eigenvalue weighted by molar-refractivity contribution is 6.32. The van der Waals surface area contributed by atoms with Gasteiger partial charge in [-0.3, -0.25) is 15.0 Å². The lowest BCUT2D eigenvalue weighted by Gasteiger charge is -2.42. The van der Waals surface area contributed by atoms with Crippen LogP contribution in [0, 0.1) is 11.3 Å². The van der Waals surface area contributed by atoms with Gasteiger partial charge in [-0.25, -0.2) is 9.59 Å². The first-order valence-corrected chi connectivity index (χ1v) is 14.0. The number of nitrogens with zero attached hydrogens (tertiary/aromatic N) is 4. The molecule has 2 atom stereocenters. The normalized spacial score (nSPS) is 19.2. The molecule has 0 aliphatic carbocycles. The molecule has 0 radical (unpaired) electrons. The Morgan fingerprint density at radius 1 is 1.12 bits per heavy atom. The van der Waals surface area contributed by atoms with Gasteiger partial charge >= 0.3 is 19.5 Å². The van der Waals surface area contributed by atoms with Gasteiger partial charge in [-0.05, 0) is 44.7 Å². The van der Waals surface area contributed by atoms with E-state index in [4.69, 9.17) is 14.1 Å². The average molecular weight is 585 g/mol. The summed E-state index contributed by atoms with van der Waals surface area (Å²) < 4.78 is 15.4. The number of carbonyl (C=O) groups excluding carboxylic acids is 3. The molecule has 0 aromatic heterocycles. The molecule has 0 bridgehead atoms. The molecule has 3 amide bonds. The lowest BCUT2D eigenvalue weighted by molar-refractivity contribution is -0.128. The molecule has 0 unspecified atom stereocenters. The minimum absolute atomic E-state index is 0.00578. The third kappa shape index (κ3) is 9.73. The number of nitriles is 1. The minimum atomic E-state index is -2.10. The second-order valence-corrected chi connectivity index (χ2v) is 10.8. The number of hydrogen-bond donors (Lipinski definition) is 3. The summed E-state index contributed by atoms with van der Waals surface area (Å²) in [4.78, 5) is 43.3. The summed E-state index contributed by atoms with van der Waals surface area (Å²) in [6.45, 7) is 6.42. The maximum atomic E-state index is 13.5. The molecule has 2 fully saturated rings. The second-order valence-electron chi connectivity index (χ2n) is 10.8. The fraction of sp³-hybridized carbons (Fsp3) is 0.571. The molecular weight excluding hydrogens is 545 g/mol. The number of hydrogen-bond acceptors (Lipinski definition) is 10. The number of amides is 3. The maximum absolute atomic E-state index is 13.5. The predicted molar refractivity (Wildman–Crippen MR) is 152 cm³/mol. The summed E-state index contributed by atoms with van der Waals surface area (Å²) in [6.07, 6.45) is 0.845. The molecule has 2 aliphatic heterocycles. The zero-order valence-electron chi connectivity index (χ0n) is 24.4. The number of alkyl carbamates (subject to hydrolysis) is 1. The molecule has 13 nitrogen and oxygen atoms in total. The SMILES string of the molecule is COC(=O)N1CCN(C(C)(C)C=C(C#N)C(=O)N2CCCC[C@H](OC(=O)N[C@@H](Cc3ccccc3)OB(O)O)C2)CC1. The van der Waals surface area contributed by atoms with Gasteiger partial charge in [0, 0.05) is 44.7 Å². The highest BCUT2D eigenvalue weighted by Crippen LogP contribution is 2.23. The van der Waals surface area contributed by atoms with E-state index in [1.165, 1.54) is 12.0 Å². The van der Waals surface area contributed by atoms with Crippen LogP contribution in [0.1, 0.15) is 38.7 Å². The number of piperazine rings is 1. The van der Waals surface area contributed by atoms with Crippen LogP contribution in [0.3, 0.4) is 0 Å². The molecular formula is C28H40BN5O8. The molecule has 42 heavy (non-hydrogen) atoms. The molecule has 2 saturated heterocycles. The van der Waals surface area contributed by atoms with Crippen LogP contribution < -0.4 is 5.32 Å². The fourth-order valence-corrected chi connectivity index (χ4v) is 5.16. The van der Waals surface area contributed by atoms with Gasteiger partial charge in [0.05, 0.1) is 13.7 Å². The number of benzene rings is 1. The van der Waals surface area contributed by atoms with Crippen molar-refractivity contribution in [2.75, 3.05) is 46.4 Å². The number of methoxy groups -OCH3 is 1. The summed E-state index contributed by atoms with van der Waals surface area (Å²) in [5.41, 5.74) is 0.169. The van der Waals surface area contributed by atoms with E-state index in [-0.39, 0.29) is 24.6 Å². The third-order valence-electron chi connectivity index (χ3n) is 7.39. The van der Waals surface area contributed by atoms with Crippen molar-refractivity contribution in [2.45, 2.75) is 57.4 Å². The molecule has 1 aromatic carbocycles. The Morgan fingerprint density at radius 3 is 2.43 bits per heavy atom. The molecule has 3 N–H and O–H groups in total. The summed E-state index contributed by atoms with van der Waals surface area (Å²) in [7, 11) is -0.751. The quantitative estimate of drug-likeness (QED) is 0.166. The van der Waals surface area contributed by atoms with Crippen molar-refractivity contribution in [3.63, 3.8) is 0 Å². The standard InChI is InChI=1S/C28H40BN5O8/c1-28(2,34-15-13-32(14-16-34)27(37)40-3)18-22(19-30)25(35)33-12-8-7-11-23(20-33)41-26(36)31-24(42-29(38)39)17-21-9-5-4-6-10-21/h4-6,9-10,18,23-24,38-39H,7-8,11-17,20H2,1-3H3,(H,31,36)/t23-,24+/m0/s1. The van der Waals surface area contributed by atoms with Gasteiger partial charge in [0.2, 0.25) is 0 Å². The molecule has 1 aromatic rings. The predicted octanol–water partition coefficient (Wildman–Crippen LogP) is 1.26. The number of rotatable bonds is 9. The van der Waals surface area contributed by atoms with Crippen LogP contribution in [-0.4, -0.2) is 114 Å². The van der Waals surface area contributed by atoms with E-state index in [2.05, 4.69) is 10.2 Å². The van der Waals surface area contributed by atoms with Crippen molar-refractivity contribution in [3.05, 3.63) is 47.5 Å². The van der Waals surface area contributed by atoms with Gasteiger partial charge in [-0.1, -0.05) is 30.3 Å². The summed E-state index contributed by atoms with van der Waals surface area (Å²) >= 11 is 0. The van der Waals surface area contributed by atoms with E-state index in [9.17, 15) is 29.7 Å².